The lowest BCUT2D eigenvalue weighted by atomic mass is 10.1. The number of rotatable bonds is 4. The van der Waals surface area contributed by atoms with E-state index in [9.17, 15) is 10.1 Å². The van der Waals surface area contributed by atoms with Crippen LogP contribution in [0.25, 0.3) is 0 Å². The van der Waals surface area contributed by atoms with Crippen molar-refractivity contribution in [3.05, 3.63) is 39.9 Å². The second-order valence-electron chi connectivity index (χ2n) is 2.66. The van der Waals surface area contributed by atoms with E-state index in [4.69, 9.17) is 4.74 Å². The fraction of sp³-hybridized carbons (Fsp3) is 0.333. The Kier molecular flexibility index (Phi) is 3.25. The number of methoxy groups -OCH3 is 1. The van der Waals surface area contributed by atoms with Crippen LogP contribution in [0.2, 0.25) is 0 Å². The molecule has 1 aromatic rings. The van der Waals surface area contributed by atoms with Gasteiger partial charge in [0, 0.05) is 11.3 Å². The van der Waals surface area contributed by atoms with E-state index >= 15 is 0 Å². The van der Waals surface area contributed by atoms with Crippen LogP contribution in [-0.4, -0.2) is 18.6 Å². The Hall–Kier alpha value is -1.58. The second-order valence-corrected chi connectivity index (χ2v) is 2.66. The van der Waals surface area contributed by atoms with Crippen LogP contribution >= 0.6 is 0 Å². The van der Waals surface area contributed by atoms with Gasteiger partial charge in [-0.05, 0) is 17.7 Å². The van der Waals surface area contributed by atoms with Gasteiger partial charge in [-0.2, -0.15) is 0 Å². The Bertz CT molecular complexity index is 299. The summed E-state index contributed by atoms with van der Waals surface area (Å²) < 4.78 is 4.99. The molecule has 0 atom stereocenters. The predicted octanol–water partition coefficient (Wildman–Crippen LogP) is 1.51. The molecule has 0 saturated heterocycles. The molecule has 4 heteroatoms. The third-order valence-electron chi connectivity index (χ3n) is 1.72. The molecule has 0 saturated carbocycles. The van der Waals surface area contributed by atoms with Crippen LogP contribution in [-0.2, 0) is 6.42 Å². The zero-order valence-corrected chi connectivity index (χ0v) is 7.40. The maximum Gasteiger partial charge on any atom is 0.207 e. The minimum atomic E-state index is -0.320. The first-order chi connectivity index (χ1) is 6.22. The standard InChI is InChI=1S/C9H11NO3/c1-13-9-4-2-3-8(7-9)5-6-10(11)12/h2-4,7H,5-6H2,1H3. The molecule has 0 aliphatic carbocycles. The fourth-order valence-electron chi connectivity index (χ4n) is 1.05. The molecule has 70 valence electrons. The minimum Gasteiger partial charge on any atom is -0.497 e. The number of nitro groups is 1. The Morgan fingerprint density at radius 1 is 1.54 bits per heavy atom. The van der Waals surface area contributed by atoms with E-state index in [1.807, 2.05) is 24.3 Å². The highest BCUT2D eigenvalue weighted by Gasteiger charge is 2.00. The molecule has 0 fully saturated rings. The van der Waals surface area contributed by atoms with Crippen molar-refractivity contribution in [2.24, 2.45) is 0 Å². The van der Waals surface area contributed by atoms with Gasteiger partial charge < -0.3 is 4.74 Å². The van der Waals surface area contributed by atoms with Gasteiger partial charge in [0.15, 0.2) is 0 Å². The summed E-state index contributed by atoms with van der Waals surface area (Å²) in [5, 5.41) is 10.1. The van der Waals surface area contributed by atoms with E-state index in [0.717, 1.165) is 11.3 Å². The van der Waals surface area contributed by atoms with Crippen molar-refractivity contribution in [2.75, 3.05) is 13.7 Å². The third-order valence-corrected chi connectivity index (χ3v) is 1.72. The largest absolute Gasteiger partial charge is 0.497 e. The van der Waals surface area contributed by atoms with E-state index in [2.05, 4.69) is 0 Å². The molecule has 4 nitrogen and oxygen atoms in total. The van der Waals surface area contributed by atoms with Crippen molar-refractivity contribution in [1.29, 1.82) is 0 Å². The fourth-order valence-corrected chi connectivity index (χ4v) is 1.05. The zero-order chi connectivity index (χ0) is 9.68. The van der Waals surface area contributed by atoms with Crippen molar-refractivity contribution >= 4 is 0 Å². The van der Waals surface area contributed by atoms with Gasteiger partial charge in [0.25, 0.3) is 0 Å². The van der Waals surface area contributed by atoms with Gasteiger partial charge in [0.1, 0.15) is 5.75 Å². The molecule has 0 heterocycles. The number of ether oxygens (including phenoxy) is 1. The van der Waals surface area contributed by atoms with Gasteiger partial charge in [0.2, 0.25) is 6.54 Å². The lowest BCUT2D eigenvalue weighted by Gasteiger charge is -2.01. The van der Waals surface area contributed by atoms with Crippen LogP contribution in [0.15, 0.2) is 24.3 Å². The molecule has 0 bridgehead atoms. The second kappa shape index (κ2) is 4.45. The van der Waals surface area contributed by atoms with Crippen molar-refractivity contribution in [3.63, 3.8) is 0 Å². The predicted molar refractivity (Wildman–Crippen MR) is 48.6 cm³/mol. The average molecular weight is 181 g/mol. The first-order valence-corrected chi connectivity index (χ1v) is 3.97. The van der Waals surface area contributed by atoms with E-state index in [-0.39, 0.29) is 11.5 Å². The molecular weight excluding hydrogens is 170 g/mol. The summed E-state index contributed by atoms with van der Waals surface area (Å²) in [6.07, 6.45) is 0.449. The number of nitrogens with zero attached hydrogens (tertiary/aromatic N) is 1. The van der Waals surface area contributed by atoms with Gasteiger partial charge in [-0.15, -0.1) is 0 Å². The third kappa shape index (κ3) is 3.11. The zero-order valence-electron chi connectivity index (χ0n) is 7.40. The number of hydrogen-bond donors (Lipinski definition) is 0. The molecular formula is C9H11NO3. The summed E-state index contributed by atoms with van der Waals surface area (Å²) in [6.45, 7) is -0.0346. The maximum atomic E-state index is 10.1. The van der Waals surface area contributed by atoms with Crippen LogP contribution in [0.4, 0.5) is 0 Å². The van der Waals surface area contributed by atoms with Gasteiger partial charge in [-0.25, -0.2) is 0 Å². The first kappa shape index (κ1) is 9.51. The summed E-state index contributed by atoms with van der Waals surface area (Å²) in [5.74, 6) is 0.737. The van der Waals surface area contributed by atoms with E-state index in [1.165, 1.54) is 0 Å². The molecule has 0 unspecified atom stereocenters. The Morgan fingerprint density at radius 2 is 2.31 bits per heavy atom. The Labute approximate surface area is 76.3 Å². The van der Waals surface area contributed by atoms with E-state index < -0.39 is 0 Å². The molecule has 13 heavy (non-hydrogen) atoms. The van der Waals surface area contributed by atoms with Crippen LogP contribution < -0.4 is 4.74 Å². The highest BCUT2D eigenvalue weighted by atomic mass is 16.6. The monoisotopic (exact) mass is 181 g/mol. The highest BCUT2D eigenvalue weighted by molar-refractivity contribution is 5.28. The van der Waals surface area contributed by atoms with Crippen molar-refractivity contribution in [1.82, 2.24) is 0 Å². The lowest BCUT2D eigenvalue weighted by Crippen LogP contribution is -2.03. The molecule has 0 aliphatic heterocycles. The highest BCUT2D eigenvalue weighted by Crippen LogP contribution is 2.12. The van der Waals surface area contributed by atoms with Gasteiger partial charge in [-0.3, -0.25) is 10.1 Å². The molecule has 1 rings (SSSR count). The number of hydrogen-bond acceptors (Lipinski definition) is 3. The average Bonchev–Trinajstić information content (AvgIpc) is 2.15. The quantitative estimate of drug-likeness (QED) is 0.522. The maximum absolute atomic E-state index is 10.1. The van der Waals surface area contributed by atoms with Gasteiger partial charge >= 0.3 is 0 Å². The van der Waals surface area contributed by atoms with Crippen LogP contribution in [0, 0.1) is 10.1 Å². The molecule has 0 amide bonds. The molecule has 0 radical (unpaired) electrons. The van der Waals surface area contributed by atoms with E-state index in [0.29, 0.717) is 6.42 Å². The topological polar surface area (TPSA) is 52.4 Å². The van der Waals surface area contributed by atoms with E-state index in [1.54, 1.807) is 7.11 Å². The smallest absolute Gasteiger partial charge is 0.207 e. The first-order valence-electron chi connectivity index (χ1n) is 3.97. The number of benzene rings is 1. The molecule has 1 aromatic carbocycles. The minimum absolute atomic E-state index is 0.0346. The van der Waals surface area contributed by atoms with Crippen LogP contribution in [0.1, 0.15) is 5.56 Å². The summed E-state index contributed by atoms with van der Waals surface area (Å²) in [6, 6.07) is 7.30. The molecule has 0 aliphatic rings. The normalized spacial score (nSPS) is 9.62. The Morgan fingerprint density at radius 3 is 2.92 bits per heavy atom. The van der Waals surface area contributed by atoms with Gasteiger partial charge in [0.05, 0.1) is 7.11 Å². The Balaban J connectivity index is 2.61. The lowest BCUT2D eigenvalue weighted by molar-refractivity contribution is -0.479. The summed E-state index contributed by atoms with van der Waals surface area (Å²) in [5.41, 5.74) is 0.927. The summed E-state index contributed by atoms with van der Waals surface area (Å²) in [7, 11) is 1.58. The molecule has 0 aromatic heterocycles. The summed E-state index contributed by atoms with van der Waals surface area (Å²) >= 11 is 0. The summed E-state index contributed by atoms with van der Waals surface area (Å²) in [4.78, 5) is 9.78. The van der Waals surface area contributed by atoms with Crippen molar-refractivity contribution < 1.29 is 9.66 Å². The molecule has 0 N–H and O–H groups in total. The van der Waals surface area contributed by atoms with Crippen molar-refractivity contribution in [3.8, 4) is 5.75 Å². The van der Waals surface area contributed by atoms with Crippen LogP contribution in [0.5, 0.6) is 5.75 Å². The van der Waals surface area contributed by atoms with Crippen LogP contribution in [0.3, 0.4) is 0 Å². The SMILES string of the molecule is COc1cccc(CC[N+](=O)[O-])c1. The van der Waals surface area contributed by atoms with Crippen molar-refractivity contribution in [2.45, 2.75) is 6.42 Å². The molecule has 0 spiro atoms. The van der Waals surface area contributed by atoms with Gasteiger partial charge in [-0.1, -0.05) is 12.1 Å².